The molecule has 0 radical (unpaired) electrons. The summed E-state index contributed by atoms with van der Waals surface area (Å²) in [6.45, 7) is 4.96. The van der Waals surface area contributed by atoms with Gasteiger partial charge in [0.2, 0.25) is 0 Å². The number of piperidine rings is 1. The van der Waals surface area contributed by atoms with Crippen molar-refractivity contribution in [2.45, 2.75) is 51.5 Å². The second-order valence-electron chi connectivity index (χ2n) is 6.75. The lowest BCUT2D eigenvalue weighted by molar-refractivity contribution is -0.145. The third kappa shape index (κ3) is 3.71. The predicted octanol–water partition coefficient (Wildman–Crippen LogP) is 3.02. The number of anilines is 2. The van der Waals surface area contributed by atoms with Gasteiger partial charge in [0.05, 0.1) is 0 Å². The summed E-state index contributed by atoms with van der Waals surface area (Å²) in [7, 11) is 0. The van der Waals surface area contributed by atoms with Crippen LogP contribution in [0.3, 0.4) is 0 Å². The van der Waals surface area contributed by atoms with E-state index in [0.29, 0.717) is 12.2 Å². The van der Waals surface area contributed by atoms with Crippen LogP contribution in [0.5, 0.6) is 0 Å². The third-order valence-electron chi connectivity index (χ3n) is 5.15. The fourth-order valence-electron chi connectivity index (χ4n) is 3.74. The summed E-state index contributed by atoms with van der Waals surface area (Å²) < 4.78 is 0. The topological polar surface area (TPSA) is 52.7 Å². The van der Waals surface area contributed by atoms with Gasteiger partial charge in [-0.3, -0.25) is 9.59 Å². The van der Waals surface area contributed by atoms with Crippen LogP contribution in [-0.2, 0) is 9.59 Å². The van der Waals surface area contributed by atoms with Gasteiger partial charge in [-0.05, 0) is 62.8 Å². The normalized spacial score (nSPS) is 21.0. The molecule has 0 aliphatic carbocycles. The second-order valence-corrected chi connectivity index (χ2v) is 6.75. The van der Waals surface area contributed by atoms with Gasteiger partial charge < -0.3 is 15.1 Å². The Bertz CT molecular complexity index is 579. The number of hydrogen-bond donors (Lipinski definition) is 1. The Morgan fingerprint density at radius 2 is 1.71 bits per heavy atom. The Kier molecular flexibility index (Phi) is 5.38. The maximum atomic E-state index is 12.5. The Hall–Kier alpha value is -2.04. The zero-order valence-corrected chi connectivity index (χ0v) is 14.5. The fourth-order valence-corrected chi connectivity index (χ4v) is 3.74. The molecular weight excluding hydrogens is 302 g/mol. The minimum Gasteiger partial charge on any atom is -0.372 e. The second kappa shape index (κ2) is 7.69. The lowest BCUT2D eigenvalue weighted by Crippen LogP contribution is -2.48. The van der Waals surface area contributed by atoms with E-state index < -0.39 is 11.8 Å². The first-order valence-corrected chi connectivity index (χ1v) is 9.16. The minimum atomic E-state index is -0.524. The number of amides is 2. The fraction of sp³-hybridized carbons (Fsp3) is 0.579. The molecular formula is C19H27N3O2. The number of benzene rings is 1. The largest absolute Gasteiger partial charge is 0.372 e. The molecule has 1 unspecified atom stereocenters. The van der Waals surface area contributed by atoms with Crippen LogP contribution >= 0.6 is 0 Å². The van der Waals surface area contributed by atoms with E-state index in [2.05, 4.69) is 17.1 Å². The van der Waals surface area contributed by atoms with Crippen molar-refractivity contribution in [3.8, 4) is 0 Å². The average molecular weight is 329 g/mol. The van der Waals surface area contributed by atoms with E-state index in [1.165, 1.54) is 18.5 Å². The molecule has 2 fully saturated rings. The molecule has 2 aliphatic rings. The van der Waals surface area contributed by atoms with Crippen molar-refractivity contribution < 1.29 is 9.59 Å². The van der Waals surface area contributed by atoms with Gasteiger partial charge in [-0.1, -0.05) is 6.92 Å². The van der Waals surface area contributed by atoms with Crippen molar-refractivity contribution in [1.82, 2.24) is 4.90 Å². The average Bonchev–Trinajstić information content (AvgIpc) is 3.16. The Morgan fingerprint density at radius 3 is 2.38 bits per heavy atom. The molecule has 1 aromatic carbocycles. The molecule has 1 N–H and O–H groups in total. The third-order valence-corrected chi connectivity index (χ3v) is 5.15. The molecule has 5 heteroatoms. The first-order chi connectivity index (χ1) is 11.7. The SMILES string of the molecule is CCC1CCCCN1C(=O)C(=O)Nc1ccc(N2CCCC2)cc1. The summed E-state index contributed by atoms with van der Waals surface area (Å²) in [6.07, 6.45) is 6.51. The standard InChI is InChI=1S/C19H27N3O2/c1-2-16-7-3-4-14-22(16)19(24)18(23)20-15-8-10-17(11-9-15)21-12-5-6-13-21/h8-11,16H,2-7,12-14H2,1H3,(H,20,23). The molecule has 5 nitrogen and oxygen atoms in total. The zero-order chi connectivity index (χ0) is 16.9. The molecule has 3 rings (SSSR count). The molecule has 2 aliphatic heterocycles. The number of rotatable bonds is 3. The van der Waals surface area contributed by atoms with Crippen LogP contribution in [0.25, 0.3) is 0 Å². The van der Waals surface area contributed by atoms with E-state index >= 15 is 0 Å². The Morgan fingerprint density at radius 1 is 1.04 bits per heavy atom. The highest BCUT2D eigenvalue weighted by atomic mass is 16.2. The maximum Gasteiger partial charge on any atom is 0.313 e. The van der Waals surface area contributed by atoms with Crippen molar-refractivity contribution in [1.29, 1.82) is 0 Å². The highest BCUT2D eigenvalue weighted by molar-refractivity contribution is 6.39. The van der Waals surface area contributed by atoms with E-state index in [1.807, 2.05) is 24.3 Å². The lowest BCUT2D eigenvalue weighted by Gasteiger charge is -2.34. The lowest BCUT2D eigenvalue weighted by atomic mass is 10.00. The molecule has 2 amide bonds. The molecule has 0 bridgehead atoms. The molecule has 0 aromatic heterocycles. The molecule has 2 heterocycles. The van der Waals surface area contributed by atoms with E-state index in [4.69, 9.17) is 0 Å². The van der Waals surface area contributed by atoms with Crippen molar-refractivity contribution in [2.24, 2.45) is 0 Å². The van der Waals surface area contributed by atoms with Crippen molar-refractivity contribution >= 4 is 23.2 Å². The molecule has 130 valence electrons. The van der Waals surface area contributed by atoms with Gasteiger partial charge in [-0.25, -0.2) is 0 Å². The first kappa shape index (κ1) is 16.8. The van der Waals surface area contributed by atoms with Gasteiger partial charge >= 0.3 is 11.8 Å². The zero-order valence-electron chi connectivity index (χ0n) is 14.5. The molecule has 1 atom stereocenters. The van der Waals surface area contributed by atoms with Crippen molar-refractivity contribution in [3.63, 3.8) is 0 Å². The predicted molar refractivity (Wildman–Crippen MR) is 96.2 cm³/mol. The highest BCUT2D eigenvalue weighted by Gasteiger charge is 2.29. The smallest absolute Gasteiger partial charge is 0.313 e. The number of nitrogens with zero attached hydrogens (tertiary/aromatic N) is 2. The maximum absolute atomic E-state index is 12.5. The highest BCUT2D eigenvalue weighted by Crippen LogP contribution is 2.23. The minimum absolute atomic E-state index is 0.203. The number of nitrogens with one attached hydrogen (secondary N) is 1. The van der Waals surface area contributed by atoms with Crippen LogP contribution in [0.2, 0.25) is 0 Å². The molecule has 1 aromatic rings. The summed E-state index contributed by atoms with van der Waals surface area (Å²) in [5.74, 6) is -0.922. The van der Waals surface area contributed by atoms with E-state index in [9.17, 15) is 9.59 Å². The molecule has 2 saturated heterocycles. The van der Waals surface area contributed by atoms with Crippen LogP contribution in [0.4, 0.5) is 11.4 Å². The van der Waals surface area contributed by atoms with Gasteiger partial charge in [0.15, 0.2) is 0 Å². The monoisotopic (exact) mass is 329 g/mol. The summed E-state index contributed by atoms with van der Waals surface area (Å²) in [4.78, 5) is 28.8. The molecule has 24 heavy (non-hydrogen) atoms. The number of hydrogen-bond acceptors (Lipinski definition) is 3. The molecule has 0 saturated carbocycles. The van der Waals surface area contributed by atoms with Crippen LogP contribution in [0.1, 0.15) is 45.4 Å². The Labute approximate surface area is 144 Å². The van der Waals surface area contributed by atoms with Crippen LogP contribution in [0, 0.1) is 0 Å². The molecule has 0 spiro atoms. The van der Waals surface area contributed by atoms with Crippen LogP contribution in [0.15, 0.2) is 24.3 Å². The van der Waals surface area contributed by atoms with Gasteiger partial charge in [-0.2, -0.15) is 0 Å². The summed E-state index contributed by atoms with van der Waals surface area (Å²) >= 11 is 0. The summed E-state index contributed by atoms with van der Waals surface area (Å²) in [6, 6.07) is 8.00. The number of likely N-dealkylation sites (tertiary alicyclic amines) is 1. The Balaban J connectivity index is 1.60. The first-order valence-electron chi connectivity index (χ1n) is 9.16. The van der Waals surface area contributed by atoms with E-state index in [-0.39, 0.29) is 6.04 Å². The summed E-state index contributed by atoms with van der Waals surface area (Å²) in [5, 5.41) is 2.75. The van der Waals surface area contributed by atoms with Gasteiger partial charge in [-0.15, -0.1) is 0 Å². The van der Waals surface area contributed by atoms with E-state index in [1.54, 1.807) is 4.90 Å². The van der Waals surface area contributed by atoms with Gasteiger partial charge in [0.25, 0.3) is 0 Å². The van der Waals surface area contributed by atoms with Crippen molar-refractivity contribution in [2.75, 3.05) is 29.9 Å². The van der Waals surface area contributed by atoms with Crippen LogP contribution < -0.4 is 10.2 Å². The van der Waals surface area contributed by atoms with E-state index in [0.717, 1.165) is 38.8 Å². The summed E-state index contributed by atoms with van der Waals surface area (Å²) in [5.41, 5.74) is 1.86. The van der Waals surface area contributed by atoms with Gasteiger partial charge in [0.1, 0.15) is 0 Å². The quantitative estimate of drug-likeness (QED) is 0.867. The van der Waals surface area contributed by atoms with Gasteiger partial charge in [0, 0.05) is 37.1 Å². The number of carbonyl (C=O) groups excluding carboxylic acids is 2. The van der Waals surface area contributed by atoms with Crippen LogP contribution in [-0.4, -0.2) is 42.4 Å². The number of carbonyl (C=O) groups is 2. The van der Waals surface area contributed by atoms with Crippen molar-refractivity contribution in [3.05, 3.63) is 24.3 Å².